The first-order valence-electron chi connectivity index (χ1n) is 9.93. The van der Waals surface area contributed by atoms with Gasteiger partial charge in [0.1, 0.15) is 0 Å². The number of allylic oxidation sites excluding steroid dienone is 4. The third-order valence-electron chi connectivity index (χ3n) is 3.98. The van der Waals surface area contributed by atoms with E-state index < -0.39 is 6.10 Å². The Hall–Kier alpha value is -0.310. The molecular formula is C21H39ClO2. The van der Waals surface area contributed by atoms with Crippen molar-refractivity contribution in [1.29, 1.82) is 0 Å². The van der Waals surface area contributed by atoms with Crippen LogP contribution in [0, 0.1) is 0 Å². The SMILES string of the molecule is CCCCC/C=C\C/C=C\CCCCCCCCOCC(O)CCl. The molecule has 0 aromatic heterocycles. The molecule has 3 heteroatoms. The third kappa shape index (κ3) is 19.7. The lowest BCUT2D eigenvalue weighted by atomic mass is 10.1. The van der Waals surface area contributed by atoms with Crippen molar-refractivity contribution >= 4 is 11.6 Å². The second-order valence-corrected chi connectivity index (χ2v) is 6.78. The highest BCUT2D eigenvalue weighted by atomic mass is 35.5. The highest BCUT2D eigenvalue weighted by Crippen LogP contribution is 2.08. The predicted octanol–water partition coefficient (Wildman–Crippen LogP) is 6.42. The van der Waals surface area contributed by atoms with E-state index in [1.807, 2.05) is 0 Å². The number of aliphatic hydroxyl groups is 1. The summed E-state index contributed by atoms with van der Waals surface area (Å²) in [6, 6.07) is 0. The Bertz CT molecular complexity index is 290. The lowest BCUT2D eigenvalue weighted by Gasteiger charge is -2.07. The molecule has 0 aliphatic rings. The van der Waals surface area contributed by atoms with E-state index in [0.717, 1.165) is 19.4 Å². The minimum Gasteiger partial charge on any atom is -0.389 e. The number of hydrogen-bond donors (Lipinski definition) is 1. The van der Waals surface area contributed by atoms with Gasteiger partial charge < -0.3 is 9.84 Å². The summed E-state index contributed by atoms with van der Waals surface area (Å²) >= 11 is 5.50. The Balaban J connectivity index is 3.15. The second-order valence-electron chi connectivity index (χ2n) is 6.47. The standard InChI is InChI=1S/C21H39ClO2/c1-2-3-4-5-6-7-8-9-10-11-12-13-14-15-16-17-18-24-20-21(23)19-22/h6-7,9-10,21,23H,2-5,8,11-20H2,1H3/b7-6-,10-9-. The van der Waals surface area contributed by atoms with Gasteiger partial charge in [-0.15, -0.1) is 11.6 Å². The summed E-state index contributed by atoms with van der Waals surface area (Å²) in [6.07, 6.45) is 23.8. The Kier molecular flexibility index (Phi) is 20.5. The largest absolute Gasteiger partial charge is 0.389 e. The van der Waals surface area contributed by atoms with E-state index in [-0.39, 0.29) is 5.88 Å². The molecule has 0 amide bonds. The summed E-state index contributed by atoms with van der Waals surface area (Å²) in [5.41, 5.74) is 0. The number of hydrogen-bond acceptors (Lipinski definition) is 2. The molecule has 142 valence electrons. The average molecular weight is 359 g/mol. The molecule has 0 heterocycles. The molecule has 0 saturated carbocycles. The predicted molar refractivity (Wildman–Crippen MR) is 107 cm³/mol. The molecule has 0 fully saturated rings. The number of halogens is 1. The molecular weight excluding hydrogens is 320 g/mol. The summed E-state index contributed by atoms with van der Waals surface area (Å²) in [7, 11) is 0. The lowest BCUT2D eigenvalue weighted by Crippen LogP contribution is -2.17. The summed E-state index contributed by atoms with van der Waals surface area (Å²) in [4.78, 5) is 0. The van der Waals surface area contributed by atoms with Gasteiger partial charge in [-0.1, -0.05) is 69.8 Å². The van der Waals surface area contributed by atoms with Crippen LogP contribution in [0.3, 0.4) is 0 Å². The molecule has 1 atom stereocenters. The normalized spacial score (nSPS) is 13.3. The van der Waals surface area contributed by atoms with Gasteiger partial charge in [0.05, 0.1) is 18.6 Å². The minimum absolute atomic E-state index is 0.254. The van der Waals surface area contributed by atoms with Gasteiger partial charge in [0.15, 0.2) is 0 Å². The van der Waals surface area contributed by atoms with Crippen molar-refractivity contribution in [3.8, 4) is 0 Å². The average Bonchev–Trinajstić information content (AvgIpc) is 2.60. The Labute approximate surface area is 155 Å². The fourth-order valence-corrected chi connectivity index (χ4v) is 2.55. The van der Waals surface area contributed by atoms with Gasteiger partial charge in [0.2, 0.25) is 0 Å². The van der Waals surface area contributed by atoms with Gasteiger partial charge in [-0.2, -0.15) is 0 Å². The third-order valence-corrected chi connectivity index (χ3v) is 4.33. The van der Waals surface area contributed by atoms with Gasteiger partial charge in [-0.25, -0.2) is 0 Å². The number of aliphatic hydroxyl groups excluding tert-OH is 1. The van der Waals surface area contributed by atoms with Gasteiger partial charge in [0, 0.05) is 6.61 Å². The van der Waals surface area contributed by atoms with Crippen LogP contribution in [-0.4, -0.2) is 30.3 Å². The van der Waals surface area contributed by atoms with Crippen molar-refractivity contribution in [3.63, 3.8) is 0 Å². The molecule has 1 unspecified atom stereocenters. The van der Waals surface area contributed by atoms with Gasteiger partial charge in [-0.3, -0.25) is 0 Å². The van der Waals surface area contributed by atoms with E-state index in [1.165, 1.54) is 64.2 Å². The van der Waals surface area contributed by atoms with Crippen LogP contribution in [0.5, 0.6) is 0 Å². The molecule has 0 bridgehead atoms. The first-order chi connectivity index (χ1) is 11.8. The van der Waals surface area contributed by atoms with Crippen molar-refractivity contribution in [2.45, 2.75) is 90.1 Å². The monoisotopic (exact) mass is 358 g/mol. The van der Waals surface area contributed by atoms with Gasteiger partial charge >= 0.3 is 0 Å². The zero-order chi connectivity index (χ0) is 17.7. The van der Waals surface area contributed by atoms with Crippen molar-refractivity contribution in [1.82, 2.24) is 0 Å². The molecule has 0 rings (SSSR count). The molecule has 0 aromatic carbocycles. The maximum atomic E-state index is 9.23. The van der Waals surface area contributed by atoms with Crippen molar-refractivity contribution in [2.24, 2.45) is 0 Å². The highest BCUT2D eigenvalue weighted by Gasteiger charge is 2.00. The fraction of sp³-hybridized carbons (Fsp3) is 0.810. The van der Waals surface area contributed by atoms with E-state index in [4.69, 9.17) is 16.3 Å². The molecule has 0 saturated heterocycles. The van der Waals surface area contributed by atoms with Crippen molar-refractivity contribution < 1.29 is 9.84 Å². The van der Waals surface area contributed by atoms with E-state index in [1.54, 1.807) is 0 Å². The summed E-state index contributed by atoms with van der Waals surface area (Å²) < 4.78 is 5.36. The maximum Gasteiger partial charge on any atom is 0.0908 e. The van der Waals surface area contributed by atoms with Crippen LogP contribution in [0.1, 0.15) is 84.0 Å². The molecule has 24 heavy (non-hydrogen) atoms. The van der Waals surface area contributed by atoms with E-state index in [0.29, 0.717) is 6.61 Å². The number of alkyl halides is 1. The zero-order valence-corrected chi connectivity index (χ0v) is 16.5. The smallest absolute Gasteiger partial charge is 0.0908 e. The van der Waals surface area contributed by atoms with E-state index in [2.05, 4.69) is 31.2 Å². The molecule has 0 aliphatic carbocycles. The highest BCUT2D eigenvalue weighted by molar-refractivity contribution is 6.18. The van der Waals surface area contributed by atoms with E-state index in [9.17, 15) is 5.11 Å². The molecule has 2 nitrogen and oxygen atoms in total. The van der Waals surface area contributed by atoms with Crippen LogP contribution < -0.4 is 0 Å². The van der Waals surface area contributed by atoms with Crippen LogP contribution in [0.25, 0.3) is 0 Å². The lowest BCUT2D eigenvalue weighted by molar-refractivity contribution is 0.0461. The topological polar surface area (TPSA) is 29.5 Å². The Morgan fingerprint density at radius 1 is 0.833 bits per heavy atom. The Morgan fingerprint density at radius 2 is 1.42 bits per heavy atom. The van der Waals surface area contributed by atoms with Crippen LogP contribution in [0.15, 0.2) is 24.3 Å². The molecule has 0 aliphatic heterocycles. The van der Waals surface area contributed by atoms with E-state index >= 15 is 0 Å². The van der Waals surface area contributed by atoms with Gasteiger partial charge in [0.25, 0.3) is 0 Å². The zero-order valence-electron chi connectivity index (χ0n) is 15.7. The molecule has 0 aromatic rings. The summed E-state index contributed by atoms with van der Waals surface area (Å²) in [5.74, 6) is 0.254. The van der Waals surface area contributed by atoms with Crippen LogP contribution >= 0.6 is 11.6 Å². The first kappa shape index (κ1) is 23.7. The Morgan fingerprint density at radius 3 is 2.04 bits per heavy atom. The van der Waals surface area contributed by atoms with Crippen molar-refractivity contribution in [2.75, 3.05) is 19.1 Å². The van der Waals surface area contributed by atoms with Crippen molar-refractivity contribution in [3.05, 3.63) is 24.3 Å². The number of rotatable bonds is 18. The molecule has 0 spiro atoms. The second kappa shape index (κ2) is 20.7. The van der Waals surface area contributed by atoms with Crippen LogP contribution in [-0.2, 0) is 4.74 Å². The van der Waals surface area contributed by atoms with Crippen LogP contribution in [0.2, 0.25) is 0 Å². The van der Waals surface area contributed by atoms with Gasteiger partial charge in [-0.05, 0) is 38.5 Å². The minimum atomic E-state index is -0.517. The fourth-order valence-electron chi connectivity index (χ4n) is 2.46. The number of unbranched alkanes of at least 4 members (excludes halogenated alkanes) is 9. The molecule has 1 N–H and O–H groups in total. The quantitative estimate of drug-likeness (QED) is 0.174. The maximum absolute atomic E-state index is 9.23. The van der Waals surface area contributed by atoms with Crippen LogP contribution in [0.4, 0.5) is 0 Å². The number of ether oxygens (including phenoxy) is 1. The summed E-state index contributed by atoms with van der Waals surface area (Å²) in [5, 5.41) is 9.23. The molecule has 0 radical (unpaired) electrons. The first-order valence-corrected chi connectivity index (χ1v) is 10.5. The summed E-state index contributed by atoms with van der Waals surface area (Å²) in [6.45, 7) is 3.35.